The average molecular weight is 525 g/mol. The number of halogens is 2. The summed E-state index contributed by atoms with van der Waals surface area (Å²) in [6, 6.07) is 22.6. The maximum absolute atomic E-state index is 13.6. The Balaban J connectivity index is 1.95. The summed E-state index contributed by atoms with van der Waals surface area (Å²) < 4.78 is 14.3. The third kappa shape index (κ3) is 7.52. The average Bonchev–Trinajstić information content (AvgIpc) is 2.84. The number of rotatable bonds is 10. The number of hydrogen-bond donors (Lipinski definition) is 1. The molecule has 0 aliphatic heterocycles. The minimum absolute atomic E-state index is 0.00694. The Kier molecular flexibility index (Phi) is 9.40. The molecule has 0 fully saturated rings. The van der Waals surface area contributed by atoms with Gasteiger partial charge in [-0.15, -0.1) is 0 Å². The Morgan fingerprint density at radius 3 is 2.15 bits per heavy atom. The lowest BCUT2D eigenvalue weighted by molar-refractivity contribution is -0.141. The summed E-state index contributed by atoms with van der Waals surface area (Å²) in [5.41, 5.74) is 2.60. The first-order valence-corrected chi connectivity index (χ1v) is 12.3. The van der Waals surface area contributed by atoms with E-state index in [4.69, 9.17) is 0 Å². The second kappa shape index (κ2) is 12.5. The minimum atomic E-state index is -0.687. The molecule has 3 aromatic rings. The summed E-state index contributed by atoms with van der Waals surface area (Å²) in [6.45, 7) is 4.26. The predicted octanol–water partition coefficient (Wildman–Crippen LogP) is 5.69. The van der Waals surface area contributed by atoms with Crippen LogP contribution < -0.4 is 5.32 Å². The van der Waals surface area contributed by atoms with Crippen molar-refractivity contribution in [1.82, 2.24) is 10.2 Å². The molecule has 3 aromatic carbocycles. The van der Waals surface area contributed by atoms with Crippen molar-refractivity contribution in [3.8, 4) is 0 Å². The Hall–Kier alpha value is -2.99. The molecule has 0 unspecified atom stereocenters. The van der Waals surface area contributed by atoms with Crippen LogP contribution in [0.2, 0.25) is 0 Å². The third-order valence-corrected chi connectivity index (χ3v) is 6.34. The fraction of sp³-hybridized carbons (Fsp3) is 0.286. The van der Waals surface area contributed by atoms with Gasteiger partial charge in [-0.05, 0) is 54.3 Å². The van der Waals surface area contributed by atoms with E-state index in [2.05, 4.69) is 21.2 Å². The highest BCUT2D eigenvalue weighted by atomic mass is 79.9. The fourth-order valence-corrected chi connectivity index (χ4v) is 3.92. The van der Waals surface area contributed by atoms with Gasteiger partial charge in [-0.25, -0.2) is 4.39 Å². The second-order valence-electron chi connectivity index (χ2n) is 8.47. The molecule has 0 bridgehead atoms. The van der Waals surface area contributed by atoms with Crippen LogP contribution in [0.5, 0.6) is 0 Å². The summed E-state index contributed by atoms with van der Waals surface area (Å²) in [4.78, 5) is 28.7. The van der Waals surface area contributed by atoms with Gasteiger partial charge in [0.25, 0.3) is 0 Å². The summed E-state index contributed by atoms with van der Waals surface area (Å²) in [7, 11) is 0. The normalized spacial score (nSPS) is 12.6. The Morgan fingerprint density at radius 1 is 0.912 bits per heavy atom. The number of carbonyl (C=O) groups excluding carboxylic acids is 2. The fourth-order valence-electron chi connectivity index (χ4n) is 3.66. The van der Waals surface area contributed by atoms with Crippen molar-refractivity contribution in [3.05, 3.63) is 106 Å². The zero-order chi connectivity index (χ0) is 24.5. The van der Waals surface area contributed by atoms with Gasteiger partial charge in [0, 0.05) is 23.5 Å². The van der Waals surface area contributed by atoms with Crippen LogP contribution in [0.4, 0.5) is 4.39 Å². The Morgan fingerprint density at radius 2 is 1.53 bits per heavy atom. The number of hydrogen-bond acceptors (Lipinski definition) is 2. The van der Waals surface area contributed by atoms with Crippen LogP contribution in [0.1, 0.15) is 37.0 Å². The molecule has 1 N–H and O–H groups in total. The van der Waals surface area contributed by atoms with E-state index < -0.39 is 6.04 Å². The molecule has 0 saturated heterocycles. The number of nitrogens with one attached hydrogen (secondary N) is 1. The highest BCUT2D eigenvalue weighted by Gasteiger charge is 2.31. The molecule has 0 aromatic heterocycles. The van der Waals surface area contributed by atoms with Crippen molar-refractivity contribution in [3.63, 3.8) is 0 Å². The standard InChI is InChI=1S/C28H30BrFN2O2/c1-3-20(2)31-28(34)26(17-21-7-5-4-6-8-21)32(19-23-9-13-24(29)14-10-23)27(33)18-22-11-15-25(30)16-12-22/h4-16,20,26H,3,17-19H2,1-2H3,(H,31,34)/t20-,26+/m1/s1. The van der Waals surface area contributed by atoms with Gasteiger partial charge in [-0.3, -0.25) is 9.59 Å². The molecule has 0 heterocycles. The highest BCUT2D eigenvalue weighted by molar-refractivity contribution is 9.10. The third-order valence-electron chi connectivity index (χ3n) is 5.81. The molecule has 4 nitrogen and oxygen atoms in total. The van der Waals surface area contributed by atoms with Gasteiger partial charge in [0.15, 0.2) is 0 Å². The van der Waals surface area contributed by atoms with Gasteiger partial charge in [-0.1, -0.05) is 77.5 Å². The van der Waals surface area contributed by atoms with Crippen molar-refractivity contribution in [2.75, 3.05) is 0 Å². The van der Waals surface area contributed by atoms with Crippen molar-refractivity contribution in [2.45, 2.75) is 51.7 Å². The first kappa shape index (κ1) is 25.6. The highest BCUT2D eigenvalue weighted by Crippen LogP contribution is 2.19. The molecule has 3 rings (SSSR count). The number of nitrogens with zero attached hydrogens (tertiary/aromatic N) is 1. The van der Waals surface area contributed by atoms with E-state index in [1.54, 1.807) is 17.0 Å². The van der Waals surface area contributed by atoms with E-state index >= 15 is 0 Å². The van der Waals surface area contributed by atoms with Gasteiger partial charge in [0.1, 0.15) is 11.9 Å². The summed E-state index contributed by atoms with van der Waals surface area (Å²) in [5, 5.41) is 3.06. The van der Waals surface area contributed by atoms with E-state index in [1.165, 1.54) is 12.1 Å². The first-order valence-electron chi connectivity index (χ1n) is 11.5. The summed E-state index contributed by atoms with van der Waals surface area (Å²) >= 11 is 3.45. The topological polar surface area (TPSA) is 49.4 Å². The van der Waals surface area contributed by atoms with Crippen LogP contribution in [-0.4, -0.2) is 28.8 Å². The van der Waals surface area contributed by atoms with E-state index in [-0.39, 0.29) is 30.1 Å². The summed E-state index contributed by atoms with van der Waals surface area (Å²) in [6.07, 6.45) is 1.27. The van der Waals surface area contributed by atoms with Crippen LogP contribution in [0.25, 0.3) is 0 Å². The van der Waals surface area contributed by atoms with Gasteiger partial charge in [-0.2, -0.15) is 0 Å². The lowest BCUT2D eigenvalue weighted by atomic mass is 10.0. The van der Waals surface area contributed by atoms with Crippen LogP contribution >= 0.6 is 15.9 Å². The molecule has 6 heteroatoms. The number of carbonyl (C=O) groups is 2. The number of amides is 2. The van der Waals surface area contributed by atoms with Gasteiger partial charge in [0.2, 0.25) is 11.8 Å². The molecular weight excluding hydrogens is 495 g/mol. The van der Waals surface area contributed by atoms with Crippen LogP contribution in [-0.2, 0) is 29.0 Å². The molecule has 2 atom stereocenters. The van der Waals surface area contributed by atoms with E-state index in [0.717, 1.165) is 22.0 Å². The number of benzene rings is 3. The van der Waals surface area contributed by atoms with Crippen molar-refractivity contribution in [2.24, 2.45) is 0 Å². The second-order valence-corrected chi connectivity index (χ2v) is 9.39. The molecule has 2 amide bonds. The monoisotopic (exact) mass is 524 g/mol. The molecule has 34 heavy (non-hydrogen) atoms. The lowest BCUT2D eigenvalue weighted by Crippen LogP contribution is -2.52. The molecule has 0 radical (unpaired) electrons. The van der Waals surface area contributed by atoms with Gasteiger partial charge in [0.05, 0.1) is 6.42 Å². The van der Waals surface area contributed by atoms with Crippen LogP contribution in [0, 0.1) is 5.82 Å². The largest absolute Gasteiger partial charge is 0.352 e. The van der Waals surface area contributed by atoms with Crippen molar-refractivity contribution < 1.29 is 14.0 Å². The molecule has 0 saturated carbocycles. The zero-order valence-corrected chi connectivity index (χ0v) is 21.1. The maximum atomic E-state index is 13.6. The molecule has 0 spiro atoms. The predicted molar refractivity (Wildman–Crippen MR) is 137 cm³/mol. The van der Waals surface area contributed by atoms with Crippen LogP contribution in [0.3, 0.4) is 0 Å². The Bertz CT molecular complexity index is 1070. The SMILES string of the molecule is CC[C@@H](C)NC(=O)[C@H](Cc1ccccc1)N(Cc1ccc(Br)cc1)C(=O)Cc1ccc(F)cc1. The van der Waals surface area contributed by atoms with Gasteiger partial charge >= 0.3 is 0 Å². The minimum Gasteiger partial charge on any atom is -0.352 e. The zero-order valence-electron chi connectivity index (χ0n) is 19.5. The van der Waals surface area contributed by atoms with Crippen molar-refractivity contribution in [1.29, 1.82) is 0 Å². The Labute approximate surface area is 209 Å². The molecular formula is C28H30BrFN2O2. The van der Waals surface area contributed by atoms with Crippen LogP contribution in [0.15, 0.2) is 83.3 Å². The quantitative estimate of drug-likeness (QED) is 0.370. The van der Waals surface area contributed by atoms with E-state index in [1.807, 2.05) is 68.4 Å². The molecule has 0 aliphatic rings. The maximum Gasteiger partial charge on any atom is 0.243 e. The van der Waals surface area contributed by atoms with E-state index in [0.29, 0.717) is 18.5 Å². The molecule has 0 aliphatic carbocycles. The smallest absolute Gasteiger partial charge is 0.243 e. The first-order chi connectivity index (χ1) is 16.4. The molecule has 178 valence electrons. The van der Waals surface area contributed by atoms with Gasteiger partial charge < -0.3 is 10.2 Å². The van der Waals surface area contributed by atoms with E-state index in [9.17, 15) is 14.0 Å². The van der Waals surface area contributed by atoms with Crippen molar-refractivity contribution >= 4 is 27.7 Å². The summed E-state index contributed by atoms with van der Waals surface area (Å²) in [5.74, 6) is -0.713. The lowest BCUT2D eigenvalue weighted by Gasteiger charge is -2.32.